The zero-order valence-corrected chi connectivity index (χ0v) is 8.70. The quantitative estimate of drug-likeness (QED) is 0.722. The highest BCUT2D eigenvalue weighted by Gasteiger charge is 2.65. The summed E-state index contributed by atoms with van der Waals surface area (Å²) in [6.45, 7) is 5.04. The van der Waals surface area contributed by atoms with Crippen molar-refractivity contribution in [1.29, 1.82) is 0 Å². The number of carboxylic acids is 2. The molecule has 1 fully saturated rings. The average molecular weight is 200 g/mol. The lowest BCUT2D eigenvalue weighted by Gasteiger charge is -2.24. The molecule has 0 aromatic carbocycles. The van der Waals surface area contributed by atoms with E-state index >= 15 is 0 Å². The number of carbonyl (C=O) groups is 2. The predicted molar refractivity (Wildman–Crippen MR) is 49.9 cm³/mol. The SMILES string of the molecule is CCC(C)(C(=O)O)C1CC1(C)C(=O)O. The first-order valence-electron chi connectivity index (χ1n) is 4.76. The highest BCUT2D eigenvalue weighted by molar-refractivity contribution is 5.82. The molecule has 0 aliphatic heterocycles. The van der Waals surface area contributed by atoms with E-state index in [1.54, 1.807) is 20.8 Å². The summed E-state index contributed by atoms with van der Waals surface area (Å²) in [6.07, 6.45) is 0.939. The molecule has 4 nitrogen and oxygen atoms in total. The molecule has 0 spiro atoms. The number of aliphatic carboxylic acids is 2. The first kappa shape index (κ1) is 11.0. The smallest absolute Gasteiger partial charge is 0.309 e. The van der Waals surface area contributed by atoms with Crippen LogP contribution >= 0.6 is 0 Å². The van der Waals surface area contributed by atoms with Crippen molar-refractivity contribution in [2.75, 3.05) is 0 Å². The van der Waals surface area contributed by atoms with Crippen molar-refractivity contribution in [1.82, 2.24) is 0 Å². The first-order valence-corrected chi connectivity index (χ1v) is 4.76. The van der Waals surface area contributed by atoms with Crippen molar-refractivity contribution in [3.8, 4) is 0 Å². The number of rotatable bonds is 4. The summed E-state index contributed by atoms with van der Waals surface area (Å²) in [4.78, 5) is 21.9. The maximum atomic E-state index is 11.1. The van der Waals surface area contributed by atoms with Gasteiger partial charge >= 0.3 is 11.9 Å². The van der Waals surface area contributed by atoms with Crippen LogP contribution in [-0.2, 0) is 9.59 Å². The van der Waals surface area contributed by atoms with Crippen molar-refractivity contribution in [2.24, 2.45) is 16.7 Å². The normalized spacial score (nSPS) is 34.6. The second-order valence-corrected chi connectivity index (χ2v) is 4.56. The summed E-state index contributed by atoms with van der Waals surface area (Å²) in [6, 6.07) is 0. The van der Waals surface area contributed by atoms with Crippen LogP contribution in [0.5, 0.6) is 0 Å². The van der Waals surface area contributed by atoms with E-state index < -0.39 is 22.8 Å². The standard InChI is InChI=1S/C10H16O4/c1-4-9(2,7(11)12)6-5-10(6,3)8(13)14/h6H,4-5H2,1-3H3,(H,11,12)(H,13,14). The van der Waals surface area contributed by atoms with Crippen LogP contribution in [0.3, 0.4) is 0 Å². The lowest BCUT2D eigenvalue weighted by atomic mass is 9.79. The Labute approximate surface area is 82.9 Å². The second kappa shape index (κ2) is 2.97. The lowest BCUT2D eigenvalue weighted by molar-refractivity contribution is -0.152. The van der Waals surface area contributed by atoms with Crippen LogP contribution in [0.4, 0.5) is 0 Å². The van der Waals surface area contributed by atoms with Crippen LogP contribution in [0.25, 0.3) is 0 Å². The maximum absolute atomic E-state index is 11.1. The van der Waals surface area contributed by atoms with Gasteiger partial charge < -0.3 is 10.2 Å². The maximum Gasteiger partial charge on any atom is 0.309 e. The Hall–Kier alpha value is -1.06. The van der Waals surface area contributed by atoms with Gasteiger partial charge in [0, 0.05) is 0 Å². The molecule has 0 radical (unpaired) electrons. The summed E-state index contributed by atoms with van der Waals surface area (Å²) in [7, 11) is 0. The zero-order chi connectivity index (χ0) is 11.1. The fourth-order valence-electron chi connectivity index (χ4n) is 2.08. The molecule has 1 aliphatic carbocycles. The van der Waals surface area contributed by atoms with Crippen LogP contribution in [0.2, 0.25) is 0 Å². The predicted octanol–water partition coefficient (Wildman–Crippen LogP) is 1.60. The largest absolute Gasteiger partial charge is 0.481 e. The van der Waals surface area contributed by atoms with Crippen LogP contribution in [-0.4, -0.2) is 22.2 Å². The van der Waals surface area contributed by atoms with E-state index in [1.165, 1.54) is 0 Å². The Morgan fingerprint density at radius 2 is 2.00 bits per heavy atom. The monoisotopic (exact) mass is 200 g/mol. The molecule has 0 saturated heterocycles. The van der Waals surface area contributed by atoms with E-state index in [0.717, 1.165) is 0 Å². The van der Waals surface area contributed by atoms with Crippen LogP contribution < -0.4 is 0 Å². The molecule has 1 aliphatic rings. The number of hydrogen-bond donors (Lipinski definition) is 2. The van der Waals surface area contributed by atoms with Crippen molar-refractivity contribution in [3.63, 3.8) is 0 Å². The van der Waals surface area contributed by atoms with Gasteiger partial charge in [-0.2, -0.15) is 0 Å². The number of carboxylic acid groups (broad SMARTS) is 2. The van der Waals surface area contributed by atoms with Gasteiger partial charge in [-0.3, -0.25) is 9.59 Å². The topological polar surface area (TPSA) is 74.6 Å². The third kappa shape index (κ3) is 1.29. The van der Waals surface area contributed by atoms with Crippen LogP contribution in [0, 0.1) is 16.7 Å². The van der Waals surface area contributed by atoms with E-state index in [-0.39, 0.29) is 5.92 Å². The average Bonchev–Trinajstić information content (AvgIpc) is 2.78. The molecule has 3 atom stereocenters. The molecule has 4 heteroatoms. The van der Waals surface area contributed by atoms with E-state index in [0.29, 0.717) is 12.8 Å². The minimum atomic E-state index is -0.896. The molecule has 14 heavy (non-hydrogen) atoms. The molecule has 80 valence electrons. The highest BCUT2D eigenvalue weighted by atomic mass is 16.4. The molecule has 0 bridgehead atoms. The van der Waals surface area contributed by atoms with Gasteiger partial charge in [0.1, 0.15) is 0 Å². The Balaban J connectivity index is 2.88. The van der Waals surface area contributed by atoms with Crippen molar-refractivity contribution < 1.29 is 19.8 Å². The van der Waals surface area contributed by atoms with Gasteiger partial charge in [-0.25, -0.2) is 0 Å². The fourth-order valence-corrected chi connectivity index (χ4v) is 2.08. The third-order valence-corrected chi connectivity index (χ3v) is 3.72. The minimum Gasteiger partial charge on any atom is -0.481 e. The molecule has 0 aromatic rings. The molecule has 0 heterocycles. The van der Waals surface area contributed by atoms with Gasteiger partial charge in [-0.05, 0) is 32.6 Å². The summed E-state index contributed by atoms with van der Waals surface area (Å²) in [5, 5.41) is 18.0. The van der Waals surface area contributed by atoms with E-state index in [1.807, 2.05) is 0 Å². The molecule has 1 saturated carbocycles. The molecule has 1 rings (SSSR count). The second-order valence-electron chi connectivity index (χ2n) is 4.56. The molecule has 0 amide bonds. The van der Waals surface area contributed by atoms with Gasteiger partial charge in [0.25, 0.3) is 0 Å². The fraction of sp³-hybridized carbons (Fsp3) is 0.800. The van der Waals surface area contributed by atoms with Crippen molar-refractivity contribution in [2.45, 2.75) is 33.6 Å². The third-order valence-electron chi connectivity index (χ3n) is 3.72. The molecule has 0 aromatic heterocycles. The Morgan fingerprint density at radius 1 is 1.50 bits per heavy atom. The van der Waals surface area contributed by atoms with Gasteiger partial charge in [0.15, 0.2) is 0 Å². The Morgan fingerprint density at radius 3 is 2.21 bits per heavy atom. The van der Waals surface area contributed by atoms with Gasteiger partial charge in [-0.1, -0.05) is 6.92 Å². The summed E-state index contributed by atoms with van der Waals surface area (Å²) in [5.74, 6) is -2.02. The van der Waals surface area contributed by atoms with Gasteiger partial charge in [0.2, 0.25) is 0 Å². The molecular formula is C10H16O4. The van der Waals surface area contributed by atoms with E-state index in [4.69, 9.17) is 10.2 Å². The number of hydrogen-bond acceptors (Lipinski definition) is 2. The lowest BCUT2D eigenvalue weighted by Crippen LogP contribution is -2.33. The molecular weight excluding hydrogens is 184 g/mol. The molecule has 3 unspecified atom stereocenters. The summed E-state index contributed by atoms with van der Waals surface area (Å²) in [5.41, 5.74) is -1.73. The van der Waals surface area contributed by atoms with Crippen LogP contribution in [0.1, 0.15) is 33.6 Å². The van der Waals surface area contributed by atoms with Crippen molar-refractivity contribution >= 4 is 11.9 Å². The Kier molecular flexibility index (Phi) is 2.34. The minimum absolute atomic E-state index is 0.241. The Bertz CT molecular complexity index is 286. The first-order chi connectivity index (χ1) is 6.29. The van der Waals surface area contributed by atoms with E-state index in [9.17, 15) is 9.59 Å². The summed E-state index contributed by atoms with van der Waals surface area (Å²) < 4.78 is 0. The van der Waals surface area contributed by atoms with Crippen LogP contribution in [0.15, 0.2) is 0 Å². The van der Waals surface area contributed by atoms with Gasteiger partial charge in [0.05, 0.1) is 10.8 Å². The summed E-state index contributed by atoms with van der Waals surface area (Å²) >= 11 is 0. The molecule has 2 N–H and O–H groups in total. The van der Waals surface area contributed by atoms with Gasteiger partial charge in [-0.15, -0.1) is 0 Å². The van der Waals surface area contributed by atoms with E-state index in [2.05, 4.69) is 0 Å². The highest BCUT2D eigenvalue weighted by Crippen LogP contribution is 2.62. The zero-order valence-electron chi connectivity index (χ0n) is 8.70. The van der Waals surface area contributed by atoms with Crippen molar-refractivity contribution in [3.05, 3.63) is 0 Å².